The van der Waals surface area contributed by atoms with E-state index in [1.54, 1.807) is 11.3 Å². The van der Waals surface area contributed by atoms with Crippen molar-refractivity contribution in [2.24, 2.45) is 5.92 Å². The van der Waals surface area contributed by atoms with Gasteiger partial charge in [-0.1, -0.05) is 44.6 Å². The van der Waals surface area contributed by atoms with Gasteiger partial charge in [0.1, 0.15) is 0 Å². The zero-order valence-corrected chi connectivity index (χ0v) is 14.5. The summed E-state index contributed by atoms with van der Waals surface area (Å²) >= 11 is 1.78. The van der Waals surface area contributed by atoms with Crippen molar-refractivity contribution in [2.75, 3.05) is 24.5 Å². The van der Waals surface area contributed by atoms with E-state index in [-0.39, 0.29) is 0 Å². The number of hydrogen-bond acceptors (Lipinski definition) is 4. The summed E-state index contributed by atoms with van der Waals surface area (Å²) in [6.45, 7) is 16.2. The minimum absolute atomic E-state index is 0.518. The molecule has 0 spiro atoms. The van der Waals surface area contributed by atoms with Gasteiger partial charge in [-0.3, -0.25) is 0 Å². The van der Waals surface area contributed by atoms with E-state index < -0.39 is 0 Å². The number of nitrogens with one attached hydrogen (secondary N) is 1. The van der Waals surface area contributed by atoms with Gasteiger partial charge in [0.05, 0.1) is 0 Å². The van der Waals surface area contributed by atoms with E-state index in [1.807, 2.05) is 6.20 Å². The second kappa shape index (κ2) is 8.42. The van der Waals surface area contributed by atoms with Gasteiger partial charge in [-0.2, -0.15) is 0 Å². The molecule has 0 aliphatic heterocycles. The molecule has 0 aromatic carbocycles. The first kappa shape index (κ1) is 17.2. The molecule has 0 amide bonds. The molecule has 4 heteroatoms. The minimum Gasteiger partial charge on any atom is -0.349 e. The Hall–Kier alpha value is -0.870. The molecule has 20 heavy (non-hydrogen) atoms. The molecule has 0 aliphatic rings. The molecule has 0 saturated heterocycles. The molecule has 1 N–H and O–H groups in total. The second-order valence-corrected chi connectivity index (χ2v) is 6.67. The van der Waals surface area contributed by atoms with Crippen LogP contribution in [-0.2, 0) is 0 Å². The summed E-state index contributed by atoms with van der Waals surface area (Å²) in [6, 6.07) is 0.518. The number of rotatable bonds is 8. The third-order valence-corrected chi connectivity index (χ3v) is 4.33. The Kier molecular flexibility index (Phi) is 7.24. The van der Waals surface area contributed by atoms with Crippen molar-refractivity contribution < 1.29 is 0 Å². The highest BCUT2D eigenvalue weighted by Gasteiger charge is 2.09. The van der Waals surface area contributed by atoms with Gasteiger partial charge in [-0.15, -0.1) is 0 Å². The van der Waals surface area contributed by atoms with Crippen molar-refractivity contribution in [3.63, 3.8) is 0 Å². The Bertz CT molecular complexity index is 417. The average molecular weight is 295 g/mol. The highest BCUT2D eigenvalue weighted by molar-refractivity contribution is 7.16. The predicted octanol–water partition coefficient (Wildman–Crippen LogP) is 4.03. The van der Waals surface area contributed by atoms with Crippen molar-refractivity contribution >= 4 is 22.5 Å². The molecule has 0 aliphatic carbocycles. The molecule has 0 radical (unpaired) electrons. The van der Waals surface area contributed by atoms with Gasteiger partial charge in [0.25, 0.3) is 0 Å². The summed E-state index contributed by atoms with van der Waals surface area (Å²) in [5.74, 6) is 0.556. The zero-order valence-electron chi connectivity index (χ0n) is 13.7. The molecule has 0 bridgehead atoms. The molecule has 3 nitrogen and oxygen atoms in total. The summed E-state index contributed by atoms with van der Waals surface area (Å²) in [7, 11) is 0. The van der Waals surface area contributed by atoms with Crippen molar-refractivity contribution in [3.8, 4) is 0 Å². The van der Waals surface area contributed by atoms with Gasteiger partial charge in [0, 0.05) is 36.8 Å². The summed E-state index contributed by atoms with van der Waals surface area (Å²) in [5.41, 5.74) is 1.44. The van der Waals surface area contributed by atoms with Crippen LogP contribution in [0.25, 0.3) is 6.08 Å². The molecule has 0 unspecified atom stereocenters. The van der Waals surface area contributed by atoms with Crippen LogP contribution in [-0.4, -0.2) is 30.7 Å². The average Bonchev–Trinajstić information content (AvgIpc) is 2.84. The largest absolute Gasteiger partial charge is 0.349 e. The topological polar surface area (TPSA) is 28.2 Å². The predicted molar refractivity (Wildman–Crippen MR) is 91.6 cm³/mol. The van der Waals surface area contributed by atoms with E-state index in [4.69, 9.17) is 0 Å². The lowest BCUT2D eigenvalue weighted by molar-refractivity contribution is 0.593. The molecule has 1 heterocycles. The van der Waals surface area contributed by atoms with E-state index in [2.05, 4.69) is 62.8 Å². The van der Waals surface area contributed by atoms with Crippen LogP contribution in [0.4, 0.5) is 5.13 Å². The highest BCUT2D eigenvalue weighted by Crippen LogP contribution is 2.25. The monoisotopic (exact) mass is 295 g/mol. The van der Waals surface area contributed by atoms with E-state index >= 15 is 0 Å². The van der Waals surface area contributed by atoms with Crippen LogP contribution in [0, 0.1) is 5.92 Å². The van der Waals surface area contributed by atoms with Crippen molar-refractivity contribution in [1.82, 2.24) is 10.3 Å². The summed E-state index contributed by atoms with van der Waals surface area (Å²) < 4.78 is 0. The number of thiazole rings is 1. The van der Waals surface area contributed by atoms with E-state index in [1.165, 1.54) is 10.5 Å². The molecule has 0 fully saturated rings. The lowest BCUT2D eigenvalue weighted by Crippen LogP contribution is -2.26. The number of hydrogen-bond donors (Lipinski definition) is 1. The quantitative estimate of drug-likeness (QED) is 0.785. The highest BCUT2D eigenvalue weighted by atomic mass is 32.1. The van der Waals surface area contributed by atoms with Crippen LogP contribution >= 0.6 is 11.3 Å². The number of anilines is 1. The molecule has 1 aromatic rings. The van der Waals surface area contributed by atoms with Gasteiger partial charge in [-0.25, -0.2) is 4.98 Å². The van der Waals surface area contributed by atoms with Crippen LogP contribution in [0.1, 0.15) is 46.4 Å². The SMILES string of the molecule is CCN(CC)c1ncc(C=C(CNC(C)C)C(C)C)s1. The van der Waals surface area contributed by atoms with Crippen molar-refractivity contribution in [2.45, 2.75) is 47.6 Å². The third-order valence-electron chi connectivity index (χ3n) is 3.33. The lowest BCUT2D eigenvalue weighted by atomic mass is 10.0. The molecule has 114 valence electrons. The van der Waals surface area contributed by atoms with Crippen LogP contribution in [0.5, 0.6) is 0 Å². The minimum atomic E-state index is 0.518. The molecular formula is C16H29N3S. The van der Waals surface area contributed by atoms with Crippen LogP contribution in [0.15, 0.2) is 11.8 Å². The summed E-state index contributed by atoms with van der Waals surface area (Å²) in [4.78, 5) is 8.09. The first-order chi connectivity index (χ1) is 9.47. The Morgan fingerprint density at radius 2 is 1.95 bits per heavy atom. The fourth-order valence-electron chi connectivity index (χ4n) is 1.91. The molecule has 0 saturated carbocycles. The molecular weight excluding hydrogens is 266 g/mol. The Morgan fingerprint density at radius 3 is 2.45 bits per heavy atom. The van der Waals surface area contributed by atoms with Crippen LogP contribution < -0.4 is 10.2 Å². The molecule has 1 aromatic heterocycles. The standard InChI is InChI=1S/C16H29N3S/c1-7-19(8-2)16-18-11-15(20-16)9-14(12(3)4)10-17-13(5)6/h9,11-13,17H,7-8,10H2,1-6H3. The summed E-state index contributed by atoms with van der Waals surface area (Å²) in [5, 5.41) is 4.63. The van der Waals surface area contributed by atoms with Gasteiger partial charge in [-0.05, 0) is 25.8 Å². The van der Waals surface area contributed by atoms with Gasteiger partial charge >= 0.3 is 0 Å². The van der Waals surface area contributed by atoms with E-state index in [9.17, 15) is 0 Å². The second-order valence-electron chi connectivity index (χ2n) is 5.63. The van der Waals surface area contributed by atoms with Crippen LogP contribution in [0.3, 0.4) is 0 Å². The fourth-order valence-corrected chi connectivity index (χ4v) is 2.93. The fraction of sp³-hybridized carbons (Fsp3) is 0.688. The van der Waals surface area contributed by atoms with E-state index in [0.717, 1.165) is 24.8 Å². The summed E-state index contributed by atoms with van der Waals surface area (Å²) in [6.07, 6.45) is 4.29. The van der Waals surface area contributed by atoms with Crippen molar-refractivity contribution in [3.05, 3.63) is 16.6 Å². The first-order valence-corrected chi connectivity index (χ1v) is 8.44. The van der Waals surface area contributed by atoms with Gasteiger partial charge in [0.15, 0.2) is 5.13 Å². The Morgan fingerprint density at radius 1 is 1.30 bits per heavy atom. The zero-order chi connectivity index (χ0) is 15.1. The normalized spacial score (nSPS) is 12.5. The molecule has 1 rings (SSSR count). The maximum absolute atomic E-state index is 4.55. The Balaban J connectivity index is 2.83. The number of nitrogens with zero attached hydrogens (tertiary/aromatic N) is 2. The van der Waals surface area contributed by atoms with Gasteiger partial charge in [0.2, 0.25) is 0 Å². The smallest absolute Gasteiger partial charge is 0.185 e. The van der Waals surface area contributed by atoms with E-state index in [0.29, 0.717) is 12.0 Å². The van der Waals surface area contributed by atoms with Crippen molar-refractivity contribution in [1.29, 1.82) is 0 Å². The van der Waals surface area contributed by atoms with Gasteiger partial charge < -0.3 is 10.2 Å². The maximum atomic E-state index is 4.55. The third kappa shape index (κ3) is 5.25. The molecule has 0 atom stereocenters. The maximum Gasteiger partial charge on any atom is 0.185 e. The first-order valence-electron chi connectivity index (χ1n) is 7.62. The number of aromatic nitrogens is 1. The lowest BCUT2D eigenvalue weighted by Gasteiger charge is -2.16. The van der Waals surface area contributed by atoms with Crippen LogP contribution in [0.2, 0.25) is 0 Å². The Labute approximate surface area is 128 Å².